The molecule has 0 unspecified atom stereocenters. The third-order valence-corrected chi connectivity index (χ3v) is 11.1. The first-order chi connectivity index (χ1) is 27.3. The molecule has 0 amide bonds. The zero-order chi connectivity index (χ0) is 36.0. The van der Waals surface area contributed by atoms with Gasteiger partial charge in [0.1, 0.15) is 11.1 Å². The summed E-state index contributed by atoms with van der Waals surface area (Å²) in [7, 11) is 0. The molecule has 3 heterocycles. The smallest absolute Gasteiger partial charge is 0.164 e. The molecule has 3 aromatic heterocycles. The lowest BCUT2D eigenvalue weighted by Gasteiger charge is -2.15. The van der Waals surface area contributed by atoms with Crippen LogP contribution in [0.4, 0.5) is 0 Å². The number of benzene rings is 9. The molecule has 9 aromatic carbocycles. The van der Waals surface area contributed by atoms with Crippen molar-refractivity contribution in [1.29, 1.82) is 0 Å². The van der Waals surface area contributed by atoms with E-state index in [1.54, 1.807) is 0 Å². The summed E-state index contributed by atoms with van der Waals surface area (Å²) in [5.74, 6) is 1.88. The van der Waals surface area contributed by atoms with Gasteiger partial charge in [-0.15, -0.1) is 0 Å². The molecule has 0 radical (unpaired) electrons. The van der Waals surface area contributed by atoms with E-state index in [-0.39, 0.29) is 0 Å². The van der Waals surface area contributed by atoms with Crippen LogP contribution in [-0.4, -0.2) is 19.9 Å². The number of para-hydroxylation sites is 1. The molecule has 55 heavy (non-hydrogen) atoms. The molecule has 0 aliphatic carbocycles. The SMILES string of the molecule is c1ccc(-c2nc(-c3ccc(-c4nc5c6ccccc6oc5c5ccccc45)c4ccccc34)nc(-c3ccc4ccc5cccc6ccc3c4c56)n2)cc1. The van der Waals surface area contributed by atoms with Gasteiger partial charge in [-0.2, -0.15) is 0 Å². The Kier molecular flexibility index (Phi) is 6.27. The summed E-state index contributed by atoms with van der Waals surface area (Å²) in [6, 6.07) is 59.2. The third-order valence-electron chi connectivity index (χ3n) is 11.1. The van der Waals surface area contributed by atoms with Gasteiger partial charge in [-0.05, 0) is 67.4 Å². The fraction of sp³-hybridized carbons (Fsp3) is 0. The predicted molar refractivity (Wildman–Crippen MR) is 225 cm³/mol. The van der Waals surface area contributed by atoms with Crippen molar-refractivity contribution < 1.29 is 4.42 Å². The molecule has 12 rings (SSSR count). The van der Waals surface area contributed by atoms with Gasteiger partial charge in [0, 0.05) is 38.4 Å². The molecule has 0 fully saturated rings. The van der Waals surface area contributed by atoms with E-state index in [1.807, 2.05) is 36.4 Å². The van der Waals surface area contributed by atoms with Crippen LogP contribution < -0.4 is 0 Å². The Morgan fingerprint density at radius 1 is 0.327 bits per heavy atom. The van der Waals surface area contributed by atoms with Crippen LogP contribution in [0.3, 0.4) is 0 Å². The molecule has 0 atom stereocenters. The highest BCUT2D eigenvalue weighted by Gasteiger charge is 2.21. The van der Waals surface area contributed by atoms with Crippen molar-refractivity contribution in [2.75, 3.05) is 0 Å². The number of hydrogen-bond donors (Lipinski definition) is 0. The van der Waals surface area contributed by atoms with Gasteiger partial charge in [-0.25, -0.2) is 19.9 Å². The summed E-state index contributed by atoms with van der Waals surface area (Å²) in [6.07, 6.45) is 0. The standard InChI is InChI=1S/C50H28N4O/c1-2-11-32(12-3-1)48-52-49(54-50(53-48)40-26-24-31-22-21-29-13-10-14-30-23-25-35(40)44(31)43(29)30)39-28-27-37(33-15-4-5-16-34(33)39)45-36-17-6-7-18-38(36)47-46(51-45)41-19-8-9-20-42(41)55-47/h1-28H. The van der Waals surface area contributed by atoms with Gasteiger partial charge in [-0.3, -0.25) is 0 Å². The maximum absolute atomic E-state index is 6.39. The molecular formula is C50H28N4O. The number of rotatable bonds is 4. The Bertz CT molecular complexity index is 3480. The number of aromatic nitrogens is 4. The van der Waals surface area contributed by atoms with Gasteiger partial charge in [0.05, 0.1) is 5.69 Å². The van der Waals surface area contributed by atoms with E-state index >= 15 is 0 Å². The molecular weight excluding hydrogens is 673 g/mol. The van der Waals surface area contributed by atoms with Crippen LogP contribution >= 0.6 is 0 Å². The molecule has 0 aliphatic heterocycles. The number of furan rings is 1. The van der Waals surface area contributed by atoms with Crippen LogP contribution in [0.1, 0.15) is 0 Å². The number of fused-ring (bicyclic) bond motifs is 6. The fourth-order valence-corrected chi connectivity index (χ4v) is 8.55. The van der Waals surface area contributed by atoms with Crippen molar-refractivity contribution in [2.24, 2.45) is 0 Å². The van der Waals surface area contributed by atoms with Crippen molar-refractivity contribution in [2.45, 2.75) is 0 Å². The van der Waals surface area contributed by atoms with Crippen LogP contribution in [-0.2, 0) is 0 Å². The number of pyridine rings is 1. The minimum absolute atomic E-state index is 0.617. The molecule has 5 heteroatoms. The van der Waals surface area contributed by atoms with E-state index in [2.05, 4.69) is 133 Å². The van der Waals surface area contributed by atoms with Crippen LogP contribution in [0.15, 0.2) is 174 Å². The molecule has 254 valence electrons. The Hall–Kier alpha value is -7.50. The third kappa shape index (κ3) is 4.47. The summed E-state index contributed by atoms with van der Waals surface area (Å²) in [5.41, 5.74) is 7.28. The molecule has 0 bridgehead atoms. The van der Waals surface area contributed by atoms with Gasteiger partial charge in [0.2, 0.25) is 0 Å². The normalized spacial score (nSPS) is 12.0. The zero-order valence-corrected chi connectivity index (χ0v) is 29.4. The molecule has 0 N–H and O–H groups in total. The lowest BCUT2D eigenvalue weighted by molar-refractivity contribution is 0.672. The number of nitrogens with zero attached hydrogens (tertiary/aromatic N) is 4. The average molecular weight is 701 g/mol. The second-order valence-electron chi connectivity index (χ2n) is 14.1. The highest BCUT2D eigenvalue weighted by atomic mass is 16.3. The minimum atomic E-state index is 0.617. The number of hydrogen-bond acceptors (Lipinski definition) is 5. The lowest BCUT2D eigenvalue weighted by atomic mass is 9.91. The Morgan fingerprint density at radius 2 is 0.873 bits per heavy atom. The highest BCUT2D eigenvalue weighted by Crippen LogP contribution is 2.43. The Labute approximate surface area is 314 Å². The summed E-state index contributed by atoms with van der Waals surface area (Å²) < 4.78 is 6.39. The first kappa shape index (κ1) is 30.0. The fourth-order valence-electron chi connectivity index (χ4n) is 8.55. The van der Waals surface area contributed by atoms with E-state index in [4.69, 9.17) is 24.4 Å². The van der Waals surface area contributed by atoms with E-state index in [1.165, 1.54) is 26.9 Å². The maximum atomic E-state index is 6.39. The average Bonchev–Trinajstić information content (AvgIpc) is 3.64. The molecule has 0 spiro atoms. The molecule has 0 aliphatic rings. The second kappa shape index (κ2) is 11.5. The van der Waals surface area contributed by atoms with E-state index in [0.29, 0.717) is 17.5 Å². The maximum Gasteiger partial charge on any atom is 0.164 e. The largest absolute Gasteiger partial charge is 0.454 e. The van der Waals surface area contributed by atoms with Crippen LogP contribution in [0.25, 0.3) is 121 Å². The second-order valence-corrected chi connectivity index (χ2v) is 14.1. The quantitative estimate of drug-likeness (QED) is 0.171. The summed E-state index contributed by atoms with van der Waals surface area (Å²) >= 11 is 0. The monoisotopic (exact) mass is 700 g/mol. The molecule has 0 saturated heterocycles. The van der Waals surface area contributed by atoms with E-state index in [0.717, 1.165) is 76.9 Å². The van der Waals surface area contributed by atoms with Crippen molar-refractivity contribution in [1.82, 2.24) is 19.9 Å². The topological polar surface area (TPSA) is 64.7 Å². The van der Waals surface area contributed by atoms with Gasteiger partial charge < -0.3 is 4.42 Å². The molecule has 0 saturated carbocycles. The minimum Gasteiger partial charge on any atom is -0.454 e. The molecule has 12 aromatic rings. The Morgan fingerprint density at radius 3 is 1.65 bits per heavy atom. The van der Waals surface area contributed by atoms with E-state index < -0.39 is 0 Å². The van der Waals surface area contributed by atoms with Crippen molar-refractivity contribution in [3.63, 3.8) is 0 Å². The van der Waals surface area contributed by atoms with Crippen molar-refractivity contribution in [3.05, 3.63) is 170 Å². The van der Waals surface area contributed by atoms with Gasteiger partial charge >= 0.3 is 0 Å². The van der Waals surface area contributed by atoms with Gasteiger partial charge in [0.25, 0.3) is 0 Å². The van der Waals surface area contributed by atoms with E-state index in [9.17, 15) is 0 Å². The first-order valence-corrected chi connectivity index (χ1v) is 18.5. The summed E-state index contributed by atoms with van der Waals surface area (Å²) in [4.78, 5) is 21.0. The van der Waals surface area contributed by atoms with Crippen LogP contribution in [0.5, 0.6) is 0 Å². The first-order valence-electron chi connectivity index (χ1n) is 18.5. The zero-order valence-electron chi connectivity index (χ0n) is 29.4. The highest BCUT2D eigenvalue weighted by molar-refractivity contribution is 6.25. The van der Waals surface area contributed by atoms with Gasteiger partial charge in [-0.1, -0.05) is 146 Å². The predicted octanol–water partition coefficient (Wildman–Crippen LogP) is 13.0. The summed E-state index contributed by atoms with van der Waals surface area (Å²) in [6.45, 7) is 0. The van der Waals surface area contributed by atoms with Crippen molar-refractivity contribution in [3.8, 4) is 45.4 Å². The van der Waals surface area contributed by atoms with Crippen LogP contribution in [0.2, 0.25) is 0 Å². The lowest BCUT2D eigenvalue weighted by Crippen LogP contribution is -2.01. The molecule has 5 nitrogen and oxygen atoms in total. The van der Waals surface area contributed by atoms with Gasteiger partial charge in [0.15, 0.2) is 23.1 Å². The van der Waals surface area contributed by atoms with Crippen molar-refractivity contribution >= 4 is 75.9 Å². The Balaban J connectivity index is 1.11. The summed E-state index contributed by atoms with van der Waals surface area (Å²) in [5, 5.41) is 12.4. The van der Waals surface area contributed by atoms with Crippen LogP contribution in [0, 0.1) is 0 Å².